The molecule has 0 unspecified atom stereocenters. The Morgan fingerprint density at radius 3 is 2.44 bits per heavy atom. The highest BCUT2D eigenvalue weighted by Crippen LogP contribution is 1.82. The van der Waals surface area contributed by atoms with Crippen molar-refractivity contribution in [1.29, 1.82) is 5.53 Å². The number of carbonyl (C=O) groups excluding carboxylic acids is 1. The number of carbonyl (C=O) groups is 2. The summed E-state index contributed by atoms with van der Waals surface area (Å²) in [5.41, 5.74) is 6.19. The molecule has 0 amide bonds. The first-order valence-corrected chi connectivity index (χ1v) is 2.23. The van der Waals surface area contributed by atoms with Crippen molar-refractivity contribution in [2.45, 2.75) is 6.42 Å². The van der Waals surface area contributed by atoms with E-state index in [1.54, 1.807) is 0 Å². The molecule has 0 aliphatic heterocycles. The van der Waals surface area contributed by atoms with Crippen molar-refractivity contribution in [3.63, 3.8) is 0 Å². The summed E-state index contributed by atoms with van der Waals surface area (Å²) < 4.78 is 0. The molecule has 9 heavy (non-hydrogen) atoms. The third-order valence-electron chi connectivity index (χ3n) is 0.604. The fourth-order valence-electron chi connectivity index (χ4n) is 0.313. The third kappa shape index (κ3) is 4.60. The van der Waals surface area contributed by atoms with Crippen LogP contribution in [0, 0.1) is 5.53 Å². The van der Waals surface area contributed by atoms with Gasteiger partial charge in [-0.15, -0.1) is 0 Å². The molecule has 0 bridgehead atoms. The number of Topliss-reactive ketones (excluding diaryl/α,β-unsaturated/α-hetero) is 1. The zero-order valence-corrected chi connectivity index (χ0v) is 4.63. The first-order chi connectivity index (χ1) is 4.16. The zero-order chi connectivity index (χ0) is 7.28. The maximum absolute atomic E-state index is 10.3. The van der Waals surface area contributed by atoms with Gasteiger partial charge in [0.2, 0.25) is 0 Å². The van der Waals surface area contributed by atoms with E-state index in [0.717, 1.165) is 0 Å². The van der Waals surface area contributed by atoms with Gasteiger partial charge in [0.15, 0.2) is 5.78 Å². The van der Waals surface area contributed by atoms with Crippen molar-refractivity contribution in [3.8, 4) is 0 Å². The molecule has 0 radical (unpaired) electrons. The highest BCUT2D eigenvalue weighted by molar-refractivity contribution is 5.95. The molecule has 0 saturated carbocycles. The summed E-state index contributed by atoms with van der Waals surface area (Å²) in [7, 11) is 0. The smallest absolute Gasteiger partial charge is 0.310 e. The van der Waals surface area contributed by atoms with E-state index in [2.05, 4.69) is 5.11 Å². The molecule has 0 aromatic rings. The summed E-state index contributed by atoms with van der Waals surface area (Å²) in [6.07, 6.45) is -0.539. The quantitative estimate of drug-likeness (QED) is 0.416. The predicted molar refractivity (Wildman–Crippen MR) is 27.3 cm³/mol. The number of carboxylic acids is 1. The van der Waals surface area contributed by atoms with Crippen LogP contribution in [0.25, 0.3) is 0 Å². The van der Waals surface area contributed by atoms with Crippen molar-refractivity contribution in [1.82, 2.24) is 0 Å². The Balaban J connectivity index is 3.50. The molecule has 0 aliphatic rings. The Bertz CT molecular complexity index is 143. The summed E-state index contributed by atoms with van der Waals surface area (Å²) in [5, 5.41) is 10.7. The van der Waals surface area contributed by atoms with Crippen molar-refractivity contribution in [2.24, 2.45) is 5.11 Å². The lowest BCUT2D eigenvalue weighted by molar-refractivity contribution is -0.139. The van der Waals surface area contributed by atoms with Crippen LogP contribution in [-0.4, -0.2) is 23.4 Å². The molecule has 50 valence electrons. The van der Waals surface area contributed by atoms with Gasteiger partial charge in [0.05, 0.1) is 0 Å². The molecule has 0 aromatic carbocycles. The maximum Gasteiger partial charge on any atom is 0.310 e. The van der Waals surface area contributed by atoms with Crippen molar-refractivity contribution in [2.75, 3.05) is 6.54 Å². The molecule has 0 aromatic heterocycles. The van der Waals surface area contributed by atoms with Gasteiger partial charge in [-0.05, 0) is 0 Å². The van der Waals surface area contributed by atoms with Crippen LogP contribution in [0.1, 0.15) is 6.42 Å². The molecule has 0 aliphatic carbocycles. The van der Waals surface area contributed by atoms with Crippen LogP contribution < -0.4 is 0 Å². The van der Waals surface area contributed by atoms with Gasteiger partial charge >= 0.3 is 5.97 Å². The number of ketones is 1. The number of hydrogen-bond acceptors (Lipinski definition) is 4. The number of nitrogens with zero attached hydrogens (tertiary/aromatic N) is 1. The number of carboxylic acid groups (broad SMARTS) is 1. The number of hydrogen-bond donors (Lipinski definition) is 2. The van der Waals surface area contributed by atoms with E-state index in [1.807, 2.05) is 0 Å². The molecule has 0 saturated heterocycles. The van der Waals surface area contributed by atoms with Crippen molar-refractivity contribution >= 4 is 11.8 Å². The Labute approximate surface area is 51.2 Å². The fourth-order valence-corrected chi connectivity index (χ4v) is 0.313. The molecule has 0 fully saturated rings. The van der Waals surface area contributed by atoms with Crippen molar-refractivity contribution < 1.29 is 14.7 Å². The van der Waals surface area contributed by atoms with E-state index in [0.29, 0.717) is 0 Å². The average Bonchev–Trinajstić information content (AvgIpc) is 1.63. The van der Waals surface area contributed by atoms with E-state index in [9.17, 15) is 9.59 Å². The second kappa shape index (κ2) is 3.71. The summed E-state index contributed by atoms with van der Waals surface area (Å²) in [5.74, 6) is -1.72. The second-order valence-corrected chi connectivity index (χ2v) is 1.43. The van der Waals surface area contributed by atoms with Gasteiger partial charge < -0.3 is 5.11 Å². The minimum Gasteiger partial charge on any atom is -0.481 e. The van der Waals surface area contributed by atoms with Crippen LogP contribution in [0.4, 0.5) is 0 Å². The first kappa shape index (κ1) is 7.74. The zero-order valence-electron chi connectivity index (χ0n) is 4.63. The lowest BCUT2D eigenvalue weighted by Crippen LogP contribution is -2.08. The van der Waals surface area contributed by atoms with Crippen LogP contribution in [0.15, 0.2) is 5.11 Å². The molecular formula is C4H6N2O3. The number of rotatable bonds is 4. The normalized spacial score (nSPS) is 8.44. The topological polar surface area (TPSA) is 90.6 Å². The standard InChI is InChI=1S/C4H6N2O3/c5-6-2-3(7)1-4(8)9/h5H,1-2H2,(H,8,9). The van der Waals surface area contributed by atoms with E-state index < -0.39 is 18.2 Å². The van der Waals surface area contributed by atoms with Gasteiger partial charge in [-0.1, -0.05) is 0 Å². The molecule has 0 rings (SSSR count). The molecule has 5 nitrogen and oxygen atoms in total. The monoisotopic (exact) mass is 130 g/mol. The molecular weight excluding hydrogens is 124 g/mol. The van der Waals surface area contributed by atoms with Crippen LogP contribution in [0.2, 0.25) is 0 Å². The largest absolute Gasteiger partial charge is 0.481 e. The summed E-state index contributed by atoms with van der Waals surface area (Å²) >= 11 is 0. The van der Waals surface area contributed by atoms with Gasteiger partial charge in [0.25, 0.3) is 0 Å². The Morgan fingerprint density at radius 2 is 2.11 bits per heavy atom. The van der Waals surface area contributed by atoms with Crippen LogP contribution in [0.5, 0.6) is 0 Å². The molecule has 2 N–H and O–H groups in total. The second-order valence-electron chi connectivity index (χ2n) is 1.43. The fraction of sp³-hybridized carbons (Fsp3) is 0.500. The molecule has 0 spiro atoms. The van der Waals surface area contributed by atoms with E-state index in [1.165, 1.54) is 0 Å². The highest BCUT2D eigenvalue weighted by atomic mass is 16.4. The lowest BCUT2D eigenvalue weighted by atomic mass is 10.3. The summed E-state index contributed by atoms with van der Waals surface area (Å²) in [6.45, 7) is -0.327. The molecule has 0 atom stereocenters. The average molecular weight is 130 g/mol. The Kier molecular flexibility index (Phi) is 3.19. The Morgan fingerprint density at radius 1 is 1.56 bits per heavy atom. The van der Waals surface area contributed by atoms with Crippen LogP contribution in [-0.2, 0) is 9.59 Å². The van der Waals surface area contributed by atoms with Gasteiger partial charge in [-0.25, -0.2) is 5.53 Å². The highest BCUT2D eigenvalue weighted by Gasteiger charge is 2.05. The van der Waals surface area contributed by atoms with E-state index >= 15 is 0 Å². The minimum atomic E-state index is -1.18. The van der Waals surface area contributed by atoms with Gasteiger partial charge in [0.1, 0.15) is 13.0 Å². The summed E-state index contributed by atoms with van der Waals surface area (Å²) in [6, 6.07) is 0. The molecule has 5 heteroatoms. The van der Waals surface area contributed by atoms with E-state index in [4.69, 9.17) is 10.6 Å². The number of nitrogens with one attached hydrogen (secondary N) is 1. The SMILES string of the molecule is N=NCC(=O)CC(=O)O. The van der Waals surface area contributed by atoms with Crippen molar-refractivity contribution in [3.05, 3.63) is 0 Å². The summed E-state index contributed by atoms with van der Waals surface area (Å²) in [4.78, 5) is 20.0. The lowest BCUT2D eigenvalue weighted by Gasteiger charge is -1.86. The van der Waals surface area contributed by atoms with E-state index in [-0.39, 0.29) is 6.54 Å². The van der Waals surface area contributed by atoms with Gasteiger partial charge in [0, 0.05) is 0 Å². The minimum absolute atomic E-state index is 0.327. The predicted octanol–water partition coefficient (Wildman–Crippen LogP) is 0.0612. The van der Waals surface area contributed by atoms with Crippen LogP contribution in [0.3, 0.4) is 0 Å². The third-order valence-corrected chi connectivity index (χ3v) is 0.604. The Hall–Kier alpha value is -1.26. The first-order valence-electron chi connectivity index (χ1n) is 2.23. The number of aliphatic carboxylic acids is 1. The maximum atomic E-state index is 10.3. The van der Waals surface area contributed by atoms with Gasteiger partial charge in [-0.3, -0.25) is 9.59 Å². The van der Waals surface area contributed by atoms with Gasteiger partial charge in [-0.2, -0.15) is 5.11 Å². The van der Waals surface area contributed by atoms with Crippen LogP contribution >= 0.6 is 0 Å². The molecule has 0 heterocycles.